The lowest BCUT2D eigenvalue weighted by Gasteiger charge is -2.34. The molecular formula is C11H17N5O2S. The van der Waals surface area contributed by atoms with Crippen molar-refractivity contribution in [3.63, 3.8) is 0 Å². The molecule has 8 heteroatoms. The number of hydrogen-bond acceptors (Lipinski definition) is 6. The normalized spacial score (nSPS) is 19.3. The number of carbonyl (C=O) groups excluding carboxylic acids is 2. The van der Waals surface area contributed by atoms with Crippen LogP contribution in [0.25, 0.3) is 0 Å². The van der Waals surface area contributed by atoms with Crippen LogP contribution in [-0.4, -0.2) is 59.0 Å². The molecule has 0 aliphatic carbocycles. The highest BCUT2D eigenvalue weighted by atomic mass is 32.1. The summed E-state index contributed by atoms with van der Waals surface area (Å²) in [6.07, 6.45) is 0.661. The maximum Gasteiger partial charge on any atom is 0.268 e. The van der Waals surface area contributed by atoms with E-state index in [2.05, 4.69) is 20.2 Å². The van der Waals surface area contributed by atoms with E-state index in [1.165, 1.54) is 0 Å². The van der Waals surface area contributed by atoms with Gasteiger partial charge < -0.3 is 15.5 Å². The Morgan fingerprint density at radius 2 is 2.37 bits per heavy atom. The van der Waals surface area contributed by atoms with Gasteiger partial charge in [0.15, 0.2) is 0 Å². The van der Waals surface area contributed by atoms with E-state index >= 15 is 0 Å². The van der Waals surface area contributed by atoms with Crippen LogP contribution in [0.2, 0.25) is 0 Å². The van der Waals surface area contributed by atoms with Crippen LogP contribution in [0, 0.1) is 0 Å². The summed E-state index contributed by atoms with van der Waals surface area (Å²) in [5.41, 5.74) is 0.698. The van der Waals surface area contributed by atoms with Crippen LogP contribution < -0.4 is 10.6 Å². The van der Waals surface area contributed by atoms with Crippen molar-refractivity contribution in [2.75, 3.05) is 26.7 Å². The highest BCUT2D eigenvalue weighted by Gasteiger charge is 2.33. The summed E-state index contributed by atoms with van der Waals surface area (Å²) in [6, 6.07) is -0.474. The molecule has 2 rings (SSSR count). The lowest BCUT2D eigenvalue weighted by atomic mass is 10.1. The molecule has 2 heterocycles. The number of piperazine rings is 1. The average molecular weight is 283 g/mol. The van der Waals surface area contributed by atoms with Crippen LogP contribution in [-0.2, 0) is 11.2 Å². The molecule has 1 aliphatic rings. The predicted molar refractivity (Wildman–Crippen MR) is 71.0 cm³/mol. The second-order valence-corrected chi connectivity index (χ2v) is 4.99. The van der Waals surface area contributed by atoms with Gasteiger partial charge in [0.05, 0.1) is 5.69 Å². The highest BCUT2D eigenvalue weighted by molar-refractivity contribution is 7.08. The third-order valence-corrected chi connectivity index (χ3v) is 3.89. The fourth-order valence-electron chi connectivity index (χ4n) is 2.08. The van der Waals surface area contributed by atoms with E-state index < -0.39 is 6.04 Å². The van der Waals surface area contributed by atoms with Crippen molar-refractivity contribution >= 4 is 23.3 Å². The Balaban J connectivity index is 2.22. The van der Waals surface area contributed by atoms with Gasteiger partial charge in [-0.2, -0.15) is 0 Å². The summed E-state index contributed by atoms with van der Waals surface area (Å²) in [7, 11) is 1.57. The summed E-state index contributed by atoms with van der Waals surface area (Å²) in [6.45, 7) is 3.60. The number of likely N-dealkylation sites (N-methyl/N-ethyl adjacent to an activating group) is 1. The molecule has 0 aromatic carbocycles. The molecular weight excluding hydrogens is 266 g/mol. The van der Waals surface area contributed by atoms with Crippen LogP contribution in [0.4, 0.5) is 0 Å². The second-order valence-electron chi connectivity index (χ2n) is 4.24. The van der Waals surface area contributed by atoms with Crippen LogP contribution >= 0.6 is 11.5 Å². The fourth-order valence-corrected chi connectivity index (χ4v) is 2.79. The van der Waals surface area contributed by atoms with E-state index in [0.717, 1.165) is 11.5 Å². The van der Waals surface area contributed by atoms with Crippen LogP contribution in [0.5, 0.6) is 0 Å². The summed E-state index contributed by atoms with van der Waals surface area (Å²) in [5.74, 6) is -0.307. The predicted octanol–water partition coefficient (Wildman–Crippen LogP) is -0.739. The number of nitrogens with one attached hydrogen (secondary N) is 2. The largest absolute Gasteiger partial charge is 0.357 e. The minimum Gasteiger partial charge on any atom is -0.357 e. The molecule has 1 atom stereocenters. The Kier molecular flexibility index (Phi) is 4.43. The van der Waals surface area contributed by atoms with Crippen LogP contribution in [0.15, 0.2) is 0 Å². The topological polar surface area (TPSA) is 87.2 Å². The number of nitrogens with zero attached hydrogens (tertiary/aromatic N) is 3. The minimum absolute atomic E-state index is 0.151. The molecule has 1 aromatic heterocycles. The molecule has 1 aliphatic heterocycles. The zero-order valence-corrected chi connectivity index (χ0v) is 11.8. The number of hydrogen-bond donors (Lipinski definition) is 2. The molecule has 0 radical (unpaired) electrons. The Bertz CT molecular complexity index is 475. The third kappa shape index (κ3) is 2.74. The Labute approximate surface area is 115 Å². The Morgan fingerprint density at radius 1 is 1.58 bits per heavy atom. The summed E-state index contributed by atoms with van der Waals surface area (Å²) < 4.78 is 3.83. The van der Waals surface area contributed by atoms with Gasteiger partial charge in [-0.05, 0) is 18.0 Å². The van der Waals surface area contributed by atoms with E-state index in [9.17, 15) is 9.59 Å². The molecule has 104 valence electrons. The summed E-state index contributed by atoms with van der Waals surface area (Å²) in [5, 5.41) is 9.66. The van der Waals surface area contributed by atoms with E-state index in [-0.39, 0.29) is 11.8 Å². The quantitative estimate of drug-likeness (QED) is 0.763. The van der Waals surface area contributed by atoms with E-state index in [0.29, 0.717) is 36.6 Å². The first-order valence-electron chi connectivity index (χ1n) is 6.23. The standard InChI is InChI=1S/C11H17N5O2S/c1-3-7-9(19-15-14-7)11(18)16-5-4-13-6-8(16)10(17)12-2/h8,13H,3-6H2,1-2H3,(H,12,17). The first kappa shape index (κ1) is 13.9. The van der Waals surface area contributed by atoms with Crippen molar-refractivity contribution in [1.29, 1.82) is 0 Å². The monoisotopic (exact) mass is 283 g/mol. The molecule has 19 heavy (non-hydrogen) atoms. The van der Waals surface area contributed by atoms with Gasteiger partial charge >= 0.3 is 0 Å². The van der Waals surface area contributed by atoms with Gasteiger partial charge in [-0.1, -0.05) is 11.4 Å². The summed E-state index contributed by atoms with van der Waals surface area (Å²) >= 11 is 1.09. The molecule has 0 saturated carbocycles. The second kappa shape index (κ2) is 6.07. The maximum atomic E-state index is 12.5. The summed E-state index contributed by atoms with van der Waals surface area (Å²) in [4.78, 5) is 26.5. The van der Waals surface area contributed by atoms with Gasteiger partial charge in [-0.25, -0.2) is 0 Å². The molecule has 0 bridgehead atoms. The average Bonchev–Trinajstić information content (AvgIpc) is 2.94. The molecule has 7 nitrogen and oxygen atoms in total. The van der Waals surface area contributed by atoms with Crippen molar-refractivity contribution in [2.24, 2.45) is 0 Å². The molecule has 1 fully saturated rings. The van der Waals surface area contributed by atoms with Crippen molar-refractivity contribution in [1.82, 2.24) is 25.1 Å². The zero-order chi connectivity index (χ0) is 13.8. The van der Waals surface area contributed by atoms with Gasteiger partial charge in [0, 0.05) is 26.7 Å². The fraction of sp³-hybridized carbons (Fsp3) is 0.636. The lowest BCUT2D eigenvalue weighted by molar-refractivity contribution is -0.125. The number of aromatic nitrogens is 2. The highest BCUT2D eigenvalue weighted by Crippen LogP contribution is 2.17. The van der Waals surface area contributed by atoms with Crippen molar-refractivity contribution in [2.45, 2.75) is 19.4 Å². The van der Waals surface area contributed by atoms with E-state index in [1.807, 2.05) is 6.92 Å². The van der Waals surface area contributed by atoms with Crippen LogP contribution in [0.3, 0.4) is 0 Å². The molecule has 0 spiro atoms. The van der Waals surface area contributed by atoms with E-state index in [4.69, 9.17) is 0 Å². The Morgan fingerprint density at radius 3 is 3.05 bits per heavy atom. The molecule has 1 unspecified atom stereocenters. The van der Waals surface area contributed by atoms with Gasteiger partial charge in [0.25, 0.3) is 5.91 Å². The minimum atomic E-state index is -0.474. The van der Waals surface area contributed by atoms with Crippen molar-refractivity contribution in [3.8, 4) is 0 Å². The number of rotatable bonds is 3. The van der Waals surface area contributed by atoms with E-state index in [1.54, 1.807) is 11.9 Å². The molecule has 2 amide bonds. The number of aryl methyl sites for hydroxylation is 1. The zero-order valence-electron chi connectivity index (χ0n) is 11.0. The first-order valence-corrected chi connectivity index (χ1v) is 7.00. The number of carbonyl (C=O) groups is 2. The van der Waals surface area contributed by atoms with Gasteiger partial charge in [0.1, 0.15) is 10.9 Å². The SMILES string of the molecule is CCc1nnsc1C(=O)N1CCNCC1C(=O)NC. The van der Waals surface area contributed by atoms with Crippen molar-refractivity contribution in [3.05, 3.63) is 10.6 Å². The van der Waals surface area contributed by atoms with Gasteiger partial charge in [-0.15, -0.1) is 5.10 Å². The number of amides is 2. The van der Waals surface area contributed by atoms with Gasteiger partial charge in [0.2, 0.25) is 5.91 Å². The molecule has 1 aromatic rings. The van der Waals surface area contributed by atoms with Gasteiger partial charge in [-0.3, -0.25) is 9.59 Å². The van der Waals surface area contributed by atoms with Crippen LogP contribution in [0.1, 0.15) is 22.3 Å². The Hall–Kier alpha value is -1.54. The third-order valence-electron chi connectivity index (χ3n) is 3.14. The first-order chi connectivity index (χ1) is 9.19. The smallest absolute Gasteiger partial charge is 0.268 e. The molecule has 1 saturated heterocycles. The lowest BCUT2D eigenvalue weighted by Crippen LogP contribution is -2.59. The maximum absolute atomic E-state index is 12.5. The van der Waals surface area contributed by atoms with Crippen molar-refractivity contribution < 1.29 is 9.59 Å². The molecule has 2 N–H and O–H groups in total.